The van der Waals surface area contributed by atoms with Gasteiger partial charge in [-0.15, -0.1) is 0 Å². The normalized spacial score (nSPS) is 11.0. The van der Waals surface area contributed by atoms with Crippen molar-refractivity contribution >= 4 is 27.0 Å². The van der Waals surface area contributed by atoms with Crippen molar-refractivity contribution in [1.29, 1.82) is 0 Å². The van der Waals surface area contributed by atoms with Crippen LogP contribution < -0.4 is 0 Å². The minimum atomic E-state index is 0.676. The van der Waals surface area contributed by atoms with Crippen molar-refractivity contribution in [2.45, 2.75) is 6.92 Å². The van der Waals surface area contributed by atoms with E-state index in [9.17, 15) is 0 Å². The van der Waals surface area contributed by atoms with E-state index in [2.05, 4.69) is 41.1 Å². The third kappa shape index (κ3) is 2.51. The summed E-state index contributed by atoms with van der Waals surface area (Å²) >= 11 is 3.44. The van der Waals surface area contributed by atoms with E-state index >= 15 is 0 Å². The number of nitrogens with zero attached hydrogens (tertiary/aromatic N) is 4. The van der Waals surface area contributed by atoms with Gasteiger partial charge >= 0.3 is 0 Å². The quantitative estimate of drug-likeness (QED) is 0.579. The fourth-order valence-corrected chi connectivity index (χ4v) is 2.87. The molecule has 0 saturated carbocycles. The van der Waals surface area contributed by atoms with Gasteiger partial charge in [0.05, 0.1) is 17.1 Å². The monoisotopic (exact) mass is 365 g/mol. The van der Waals surface area contributed by atoms with Crippen molar-refractivity contribution in [2.75, 3.05) is 0 Å². The maximum Gasteiger partial charge on any atom is 0.181 e. The summed E-state index contributed by atoms with van der Waals surface area (Å²) in [6.07, 6.45) is 5.36. The van der Waals surface area contributed by atoms with Crippen molar-refractivity contribution < 1.29 is 0 Å². The molecule has 5 nitrogen and oxygen atoms in total. The second kappa shape index (κ2) is 5.55. The average molecular weight is 366 g/mol. The molecule has 0 atom stereocenters. The molecule has 0 radical (unpaired) electrons. The lowest BCUT2D eigenvalue weighted by Gasteiger charge is -2.05. The predicted molar refractivity (Wildman–Crippen MR) is 92.8 cm³/mol. The molecule has 0 saturated heterocycles. The second-order valence-corrected chi connectivity index (χ2v) is 6.14. The molecule has 4 aromatic heterocycles. The third-order valence-electron chi connectivity index (χ3n) is 3.68. The maximum atomic E-state index is 4.56. The highest BCUT2D eigenvalue weighted by atomic mass is 79.9. The summed E-state index contributed by atoms with van der Waals surface area (Å²) in [6, 6.07) is 9.96. The number of halogens is 1. The number of aryl methyl sites for hydroxylation is 1. The number of pyridine rings is 3. The standard InChI is InChI=1S/C17H12BrN5/c1-10-3-2-6-19-15(10)11-4-5-14(20-8-11)16-13-7-12(18)9-21-17(13)23-22-16/h2-9H,1H3,(H,21,22,23). The van der Waals surface area contributed by atoms with E-state index in [1.54, 1.807) is 12.4 Å². The molecule has 6 heteroatoms. The van der Waals surface area contributed by atoms with Gasteiger partial charge < -0.3 is 0 Å². The molecule has 0 aliphatic heterocycles. The van der Waals surface area contributed by atoms with Gasteiger partial charge in [-0.1, -0.05) is 6.07 Å². The second-order valence-electron chi connectivity index (χ2n) is 5.22. The van der Waals surface area contributed by atoms with Gasteiger partial charge in [0.25, 0.3) is 0 Å². The molecule has 0 amide bonds. The number of hydrogen-bond acceptors (Lipinski definition) is 4. The Hall–Kier alpha value is -2.60. The van der Waals surface area contributed by atoms with Crippen molar-refractivity contribution in [3.05, 3.63) is 59.0 Å². The highest BCUT2D eigenvalue weighted by Crippen LogP contribution is 2.27. The van der Waals surface area contributed by atoms with Crippen molar-refractivity contribution in [2.24, 2.45) is 0 Å². The number of hydrogen-bond donors (Lipinski definition) is 1. The first-order valence-electron chi connectivity index (χ1n) is 7.10. The van der Waals surface area contributed by atoms with Gasteiger partial charge in [-0.05, 0) is 52.7 Å². The van der Waals surface area contributed by atoms with E-state index < -0.39 is 0 Å². The Morgan fingerprint density at radius 2 is 1.96 bits per heavy atom. The Labute approximate surface area is 141 Å². The molecule has 0 spiro atoms. The summed E-state index contributed by atoms with van der Waals surface area (Å²) in [5.41, 5.74) is 5.43. The Morgan fingerprint density at radius 1 is 1.04 bits per heavy atom. The van der Waals surface area contributed by atoms with Crippen LogP contribution in [0.1, 0.15) is 5.56 Å². The molecule has 112 valence electrons. The van der Waals surface area contributed by atoms with Crippen LogP contribution in [-0.2, 0) is 0 Å². The molecule has 0 aromatic carbocycles. The van der Waals surface area contributed by atoms with Gasteiger partial charge in [0.15, 0.2) is 5.65 Å². The van der Waals surface area contributed by atoms with Gasteiger partial charge in [-0.2, -0.15) is 5.10 Å². The molecule has 4 heterocycles. The van der Waals surface area contributed by atoms with E-state index in [-0.39, 0.29) is 0 Å². The van der Waals surface area contributed by atoms with Crippen LogP contribution >= 0.6 is 15.9 Å². The molecule has 4 rings (SSSR count). The molecule has 0 fully saturated rings. The molecular formula is C17H12BrN5. The summed E-state index contributed by atoms with van der Waals surface area (Å²) in [5.74, 6) is 0. The molecule has 0 aliphatic carbocycles. The first-order valence-corrected chi connectivity index (χ1v) is 7.90. The van der Waals surface area contributed by atoms with Crippen LogP contribution in [0.25, 0.3) is 33.7 Å². The van der Waals surface area contributed by atoms with E-state index in [0.29, 0.717) is 5.65 Å². The Morgan fingerprint density at radius 3 is 2.74 bits per heavy atom. The minimum absolute atomic E-state index is 0.676. The predicted octanol–water partition coefficient (Wildman–Crippen LogP) is 4.15. The van der Waals surface area contributed by atoms with E-state index in [0.717, 1.165) is 38.1 Å². The van der Waals surface area contributed by atoms with Crippen LogP contribution in [0.2, 0.25) is 0 Å². The molecular weight excluding hydrogens is 354 g/mol. The van der Waals surface area contributed by atoms with Gasteiger partial charge in [-0.25, -0.2) is 4.98 Å². The van der Waals surface area contributed by atoms with Gasteiger partial charge in [0, 0.05) is 34.0 Å². The highest BCUT2D eigenvalue weighted by Gasteiger charge is 2.11. The summed E-state index contributed by atoms with van der Waals surface area (Å²) in [6.45, 7) is 2.04. The highest BCUT2D eigenvalue weighted by molar-refractivity contribution is 9.10. The lowest BCUT2D eigenvalue weighted by molar-refractivity contribution is 1.09. The average Bonchev–Trinajstić information content (AvgIpc) is 2.98. The zero-order valence-corrected chi connectivity index (χ0v) is 13.9. The number of aromatic nitrogens is 5. The van der Waals surface area contributed by atoms with E-state index in [1.807, 2.05) is 43.5 Å². The largest absolute Gasteiger partial charge is 0.273 e. The first kappa shape index (κ1) is 14.0. The lowest BCUT2D eigenvalue weighted by Crippen LogP contribution is -1.90. The van der Waals surface area contributed by atoms with Crippen LogP contribution in [0.3, 0.4) is 0 Å². The molecule has 23 heavy (non-hydrogen) atoms. The third-order valence-corrected chi connectivity index (χ3v) is 4.11. The van der Waals surface area contributed by atoms with Crippen LogP contribution in [0.15, 0.2) is 53.4 Å². The summed E-state index contributed by atoms with van der Waals surface area (Å²) in [5, 5.41) is 8.18. The number of fused-ring (bicyclic) bond motifs is 1. The van der Waals surface area contributed by atoms with E-state index in [4.69, 9.17) is 0 Å². The van der Waals surface area contributed by atoms with Gasteiger partial charge in [-0.3, -0.25) is 15.1 Å². The van der Waals surface area contributed by atoms with Crippen molar-refractivity contribution in [3.63, 3.8) is 0 Å². The summed E-state index contributed by atoms with van der Waals surface area (Å²) in [7, 11) is 0. The molecule has 1 N–H and O–H groups in total. The molecule has 4 aromatic rings. The maximum absolute atomic E-state index is 4.56. The smallest absolute Gasteiger partial charge is 0.181 e. The Kier molecular flexibility index (Phi) is 3.38. The fourth-order valence-electron chi connectivity index (χ4n) is 2.54. The lowest BCUT2D eigenvalue weighted by atomic mass is 10.1. The first-order chi connectivity index (χ1) is 11.2. The van der Waals surface area contributed by atoms with E-state index in [1.165, 1.54) is 0 Å². The van der Waals surface area contributed by atoms with Crippen LogP contribution in [0, 0.1) is 6.92 Å². The zero-order valence-electron chi connectivity index (χ0n) is 12.3. The number of nitrogens with one attached hydrogen (secondary N) is 1. The van der Waals surface area contributed by atoms with Crippen LogP contribution in [0.4, 0.5) is 0 Å². The topological polar surface area (TPSA) is 67.3 Å². The molecule has 0 aliphatic rings. The fraction of sp³-hybridized carbons (Fsp3) is 0.0588. The van der Waals surface area contributed by atoms with Crippen molar-refractivity contribution in [1.82, 2.24) is 25.1 Å². The Bertz CT molecular complexity index is 991. The minimum Gasteiger partial charge on any atom is -0.273 e. The number of rotatable bonds is 2. The Balaban J connectivity index is 1.78. The van der Waals surface area contributed by atoms with Crippen LogP contribution in [-0.4, -0.2) is 25.1 Å². The van der Waals surface area contributed by atoms with Crippen molar-refractivity contribution in [3.8, 4) is 22.6 Å². The summed E-state index contributed by atoms with van der Waals surface area (Å²) in [4.78, 5) is 13.3. The molecule has 0 unspecified atom stereocenters. The SMILES string of the molecule is Cc1cccnc1-c1ccc(-c2[nH]nc3ncc(Br)cc23)nc1. The van der Waals surface area contributed by atoms with Crippen LogP contribution in [0.5, 0.6) is 0 Å². The van der Waals surface area contributed by atoms with Gasteiger partial charge in [0.2, 0.25) is 0 Å². The number of aromatic amines is 1. The van der Waals surface area contributed by atoms with Gasteiger partial charge in [0.1, 0.15) is 0 Å². The summed E-state index contributed by atoms with van der Waals surface area (Å²) < 4.78 is 0.911. The molecule has 0 bridgehead atoms. The number of H-pyrrole nitrogens is 1. The zero-order chi connectivity index (χ0) is 15.8.